The topological polar surface area (TPSA) is 50.1 Å². The normalized spacial score (nSPS) is 24.9. The minimum Gasteiger partial charge on any atom is -0.392 e. The van der Waals surface area contributed by atoms with Crippen LogP contribution in [0.4, 0.5) is 0 Å². The molecule has 1 aromatic heterocycles. The average molecular weight is 273 g/mol. The van der Waals surface area contributed by atoms with Gasteiger partial charge in [0.05, 0.1) is 23.2 Å². The van der Waals surface area contributed by atoms with E-state index in [4.69, 9.17) is 4.98 Å². The maximum absolute atomic E-state index is 10.1. The van der Waals surface area contributed by atoms with Crippen LogP contribution in [0, 0.1) is 0 Å². The maximum atomic E-state index is 10.1. The van der Waals surface area contributed by atoms with Crippen molar-refractivity contribution in [1.29, 1.82) is 0 Å². The lowest BCUT2D eigenvalue weighted by Crippen LogP contribution is -2.43. The molecule has 4 nitrogen and oxygen atoms in total. The lowest BCUT2D eigenvalue weighted by atomic mass is 9.92. The van der Waals surface area contributed by atoms with Crippen molar-refractivity contribution in [3.05, 3.63) is 30.1 Å². The standard InChI is InChI=1S/C16H23N3O/c1-11(17-13-8-4-6-10-15(13)20)16-18-12-7-3-5-9-14(12)19(16)2/h3,5,7,9,11,13,15,17,20H,4,6,8,10H2,1-2H3. The molecule has 108 valence electrons. The van der Waals surface area contributed by atoms with Gasteiger partial charge < -0.3 is 15.0 Å². The summed E-state index contributed by atoms with van der Waals surface area (Å²) in [6, 6.07) is 8.53. The molecule has 4 heteroatoms. The molecule has 0 bridgehead atoms. The number of hydrogen-bond donors (Lipinski definition) is 2. The number of aryl methyl sites for hydroxylation is 1. The predicted molar refractivity (Wildman–Crippen MR) is 80.5 cm³/mol. The molecule has 1 aromatic carbocycles. The summed E-state index contributed by atoms with van der Waals surface area (Å²) >= 11 is 0. The molecule has 1 aliphatic carbocycles. The highest BCUT2D eigenvalue weighted by Crippen LogP contribution is 2.23. The van der Waals surface area contributed by atoms with Gasteiger partial charge in [0.1, 0.15) is 5.82 Å². The van der Waals surface area contributed by atoms with Gasteiger partial charge in [0, 0.05) is 13.1 Å². The number of hydrogen-bond acceptors (Lipinski definition) is 3. The second kappa shape index (κ2) is 5.54. The Kier molecular flexibility index (Phi) is 3.76. The summed E-state index contributed by atoms with van der Waals surface area (Å²) in [5, 5.41) is 13.6. The van der Waals surface area contributed by atoms with Crippen LogP contribution in [0.2, 0.25) is 0 Å². The smallest absolute Gasteiger partial charge is 0.126 e. The number of rotatable bonds is 3. The molecule has 0 radical (unpaired) electrons. The van der Waals surface area contributed by atoms with Crippen molar-refractivity contribution < 1.29 is 5.11 Å². The fraction of sp³-hybridized carbons (Fsp3) is 0.562. The summed E-state index contributed by atoms with van der Waals surface area (Å²) < 4.78 is 2.14. The second-order valence-electron chi connectivity index (χ2n) is 5.86. The molecule has 0 aliphatic heterocycles. The molecular weight excluding hydrogens is 250 g/mol. The van der Waals surface area contributed by atoms with Gasteiger partial charge in [0.2, 0.25) is 0 Å². The highest BCUT2D eigenvalue weighted by Gasteiger charge is 2.25. The highest BCUT2D eigenvalue weighted by atomic mass is 16.3. The summed E-state index contributed by atoms with van der Waals surface area (Å²) in [7, 11) is 2.06. The number of aromatic nitrogens is 2. The Morgan fingerprint density at radius 1 is 1.30 bits per heavy atom. The van der Waals surface area contributed by atoms with Crippen LogP contribution in [-0.2, 0) is 7.05 Å². The molecule has 2 aromatic rings. The van der Waals surface area contributed by atoms with E-state index in [9.17, 15) is 5.11 Å². The predicted octanol–water partition coefficient (Wildman–Crippen LogP) is 2.53. The van der Waals surface area contributed by atoms with E-state index in [1.807, 2.05) is 18.2 Å². The summed E-state index contributed by atoms with van der Waals surface area (Å²) in [4.78, 5) is 4.72. The van der Waals surface area contributed by atoms with Crippen molar-refractivity contribution in [2.45, 2.75) is 50.8 Å². The van der Waals surface area contributed by atoms with Crippen LogP contribution in [0.3, 0.4) is 0 Å². The second-order valence-corrected chi connectivity index (χ2v) is 5.86. The third-order valence-corrected chi connectivity index (χ3v) is 4.40. The van der Waals surface area contributed by atoms with Gasteiger partial charge in [-0.25, -0.2) is 4.98 Å². The minimum absolute atomic E-state index is 0.144. The molecule has 20 heavy (non-hydrogen) atoms. The number of nitrogens with zero attached hydrogens (tertiary/aromatic N) is 2. The van der Waals surface area contributed by atoms with Crippen molar-refractivity contribution >= 4 is 11.0 Å². The Bertz CT molecular complexity index is 592. The van der Waals surface area contributed by atoms with E-state index in [1.54, 1.807) is 0 Å². The van der Waals surface area contributed by atoms with Crippen LogP contribution >= 0.6 is 0 Å². The van der Waals surface area contributed by atoms with Crippen LogP contribution in [-0.4, -0.2) is 26.8 Å². The van der Waals surface area contributed by atoms with Gasteiger partial charge in [0.25, 0.3) is 0 Å². The lowest BCUT2D eigenvalue weighted by Gasteiger charge is -2.31. The number of benzene rings is 1. The molecule has 2 N–H and O–H groups in total. The van der Waals surface area contributed by atoms with E-state index in [-0.39, 0.29) is 18.2 Å². The number of fused-ring (bicyclic) bond motifs is 1. The van der Waals surface area contributed by atoms with Gasteiger partial charge in [-0.05, 0) is 31.9 Å². The third kappa shape index (κ3) is 2.45. The lowest BCUT2D eigenvalue weighted by molar-refractivity contribution is 0.0852. The van der Waals surface area contributed by atoms with Crippen LogP contribution in [0.1, 0.15) is 44.5 Å². The number of aliphatic hydroxyl groups is 1. The monoisotopic (exact) mass is 273 g/mol. The maximum Gasteiger partial charge on any atom is 0.126 e. The molecule has 3 rings (SSSR count). The summed E-state index contributed by atoms with van der Waals surface area (Å²) in [5.41, 5.74) is 2.18. The van der Waals surface area contributed by atoms with Gasteiger partial charge in [-0.15, -0.1) is 0 Å². The zero-order chi connectivity index (χ0) is 14.1. The molecule has 1 heterocycles. The van der Waals surface area contributed by atoms with Gasteiger partial charge in [-0.2, -0.15) is 0 Å². The minimum atomic E-state index is -0.221. The highest BCUT2D eigenvalue weighted by molar-refractivity contribution is 5.75. The first-order valence-electron chi connectivity index (χ1n) is 7.52. The van der Waals surface area contributed by atoms with Crippen molar-refractivity contribution in [2.75, 3.05) is 0 Å². The SMILES string of the molecule is CC(NC1CCCCC1O)c1nc2ccccc2n1C. The first-order chi connectivity index (χ1) is 9.66. The molecule has 0 saturated heterocycles. The Labute approximate surface area is 119 Å². The van der Waals surface area contributed by atoms with E-state index < -0.39 is 0 Å². The molecular formula is C16H23N3O. The van der Waals surface area contributed by atoms with Crippen LogP contribution < -0.4 is 5.32 Å². The van der Waals surface area contributed by atoms with Crippen LogP contribution in [0.5, 0.6) is 0 Å². The van der Waals surface area contributed by atoms with E-state index in [2.05, 4.69) is 29.9 Å². The van der Waals surface area contributed by atoms with Gasteiger partial charge in [-0.1, -0.05) is 25.0 Å². The molecule has 0 spiro atoms. The number of aliphatic hydroxyl groups excluding tert-OH is 1. The van der Waals surface area contributed by atoms with E-state index in [0.29, 0.717) is 0 Å². The van der Waals surface area contributed by atoms with Crippen molar-refractivity contribution in [3.8, 4) is 0 Å². The fourth-order valence-corrected chi connectivity index (χ4v) is 3.25. The first-order valence-corrected chi connectivity index (χ1v) is 7.52. The average Bonchev–Trinajstić information content (AvgIpc) is 2.79. The van der Waals surface area contributed by atoms with Gasteiger partial charge in [0.15, 0.2) is 0 Å². The zero-order valence-corrected chi connectivity index (χ0v) is 12.2. The van der Waals surface area contributed by atoms with Gasteiger partial charge >= 0.3 is 0 Å². The first kappa shape index (κ1) is 13.6. The van der Waals surface area contributed by atoms with Gasteiger partial charge in [-0.3, -0.25) is 0 Å². The Morgan fingerprint density at radius 3 is 2.80 bits per heavy atom. The van der Waals surface area contributed by atoms with Crippen molar-refractivity contribution in [1.82, 2.24) is 14.9 Å². The molecule has 1 saturated carbocycles. The molecule has 3 atom stereocenters. The fourth-order valence-electron chi connectivity index (χ4n) is 3.25. The van der Waals surface area contributed by atoms with Crippen molar-refractivity contribution in [3.63, 3.8) is 0 Å². The summed E-state index contributed by atoms with van der Waals surface area (Å²) in [6.45, 7) is 2.13. The number of imidazole rings is 1. The Balaban J connectivity index is 1.81. The van der Waals surface area contributed by atoms with E-state index in [1.165, 1.54) is 6.42 Å². The quantitative estimate of drug-likeness (QED) is 0.903. The van der Waals surface area contributed by atoms with Crippen LogP contribution in [0.25, 0.3) is 11.0 Å². The summed E-state index contributed by atoms with van der Waals surface area (Å²) in [5.74, 6) is 1.03. The zero-order valence-electron chi connectivity index (χ0n) is 12.2. The summed E-state index contributed by atoms with van der Waals surface area (Å²) in [6.07, 6.45) is 4.08. The van der Waals surface area contributed by atoms with E-state index >= 15 is 0 Å². The van der Waals surface area contributed by atoms with E-state index in [0.717, 1.165) is 36.1 Å². The largest absolute Gasteiger partial charge is 0.392 e. The Morgan fingerprint density at radius 2 is 2.05 bits per heavy atom. The number of para-hydroxylation sites is 2. The van der Waals surface area contributed by atoms with Crippen molar-refractivity contribution in [2.24, 2.45) is 7.05 Å². The molecule has 1 fully saturated rings. The third-order valence-electron chi connectivity index (χ3n) is 4.40. The number of nitrogens with one attached hydrogen (secondary N) is 1. The molecule has 1 aliphatic rings. The molecule has 3 unspecified atom stereocenters. The Hall–Kier alpha value is -1.39. The molecule has 0 amide bonds. The van der Waals surface area contributed by atoms with Crippen LogP contribution in [0.15, 0.2) is 24.3 Å².